The van der Waals surface area contributed by atoms with Crippen LogP contribution in [-0.2, 0) is 10.5 Å². The first kappa shape index (κ1) is 15.2. The average molecular weight is 292 g/mol. The van der Waals surface area contributed by atoms with E-state index in [-0.39, 0.29) is 6.61 Å². The van der Waals surface area contributed by atoms with Crippen molar-refractivity contribution in [2.45, 2.75) is 23.8 Å². The summed E-state index contributed by atoms with van der Waals surface area (Å²) in [6, 6.07) is 5.92. The highest BCUT2D eigenvalue weighted by molar-refractivity contribution is 7.99. The van der Waals surface area contributed by atoms with Gasteiger partial charge >= 0.3 is 0 Å². The Kier molecular flexibility index (Phi) is 6.25. The van der Waals surface area contributed by atoms with Gasteiger partial charge in [-0.3, -0.25) is 0 Å². The monoisotopic (exact) mass is 292 g/mol. The van der Waals surface area contributed by atoms with Gasteiger partial charge in [0.15, 0.2) is 0 Å². The van der Waals surface area contributed by atoms with Crippen LogP contribution in [0.25, 0.3) is 0 Å². The van der Waals surface area contributed by atoms with E-state index in [2.05, 4.69) is 11.8 Å². The molecule has 1 aromatic rings. The minimum Gasteiger partial charge on any atom is -0.496 e. The van der Waals surface area contributed by atoms with E-state index in [1.807, 2.05) is 30.0 Å². The van der Waals surface area contributed by atoms with Gasteiger partial charge in [0.1, 0.15) is 12.4 Å². The Labute approximate surface area is 124 Å². The molecule has 0 saturated carbocycles. The minimum absolute atomic E-state index is 0.113. The molecule has 0 aromatic heterocycles. The van der Waals surface area contributed by atoms with Gasteiger partial charge in [-0.2, -0.15) is 11.8 Å². The number of hydrogen-bond acceptors (Lipinski definition) is 4. The van der Waals surface area contributed by atoms with Crippen LogP contribution in [-0.4, -0.2) is 37.3 Å². The van der Waals surface area contributed by atoms with Gasteiger partial charge in [0.25, 0.3) is 0 Å². The second-order valence-electron chi connectivity index (χ2n) is 4.61. The summed E-state index contributed by atoms with van der Waals surface area (Å²) in [4.78, 5) is 0. The van der Waals surface area contributed by atoms with Gasteiger partial charge in [0, 0.05) is 35.3 Å². The number of ether oxygens (including phenoxy) is 2. The van der Waals surface area contributed by atoms with E-state index in [1.165, 1.54) is 0 Å². The number of aliphatic hydroxyl groups excluding tert-OH is 1. The summed E-state index contributed by atoms with van der Waals surface area (Å²) in [6.45, 7) is 1.63. The molecule has 0 bridgehead atoms. The molecule has 0 amide bonds. The third-order valence-corrected chi connectivity index (χ3v) is 4.66. The Hall–Kier alpha value is -1.15. The van der Waals surface area contributed by atoms with Crippen molar-refractivity contribution >= 4 is 11.8 Å². The molecule has 0 atom stereocenters. The molecule has 20 heavy (non-hydrogen) atoms. The maximum atomic E-state index is 8.76. The smallest absolute Gasteiger partial charge is 0.122 e. The molecule has 3 nitrogen and oxygen atoms in total. The summed E-state index contributed by atoms with van der Waals surface area (Å²) in [5.74, 6) is 7.44. The van der Waals surface area contributed by atoms with Crippen LogP contribution in [0.4, 0.5) is 0 Å². The Balaban J connectivity index is 2.03. The quantitative estimate of drug-likeness (QED) is 0.865. The summed E-state index contributed by atoms with van der Waals surface area (Å²) in [7, 11) is 1.69. The van der Waals surface area contributed by atoms with E-state index < -0.39 is 0 Å². The normalized spacial score (nSPS) is 15.5. The Morgan fingerprint density at radius 1 is 1.40 bits per heavy atom. The Morgan fingerprint density at radius 3 is 2.90 bits per heavy atom. The lowest BCUT2D eigenvalue weighted by Gasteiger charge is -2.21. The number of benzene rings is 1. The van der Waals surface area contributed by atoms with Gasteiger partial charge in [0.2, 0.25) is 0 Å². The molecule has 2 rings (SSSR count). The predicted octanol–water partition coefficient (Wildman–Crippen LogP) is 2.45. The number of hydrogen-bond donors (Lipinski definition) is 1. The SMILES string of the molecule is COc1ccc(C#CCO)cc1CSC1CCOCC1. The third-order valence-electron chi connectivity index (χ3n) is 3.24. The lowest BCUT2D eigenvalue weighted by Crippen LogP contribution is -2.17. The highest BCUT2D eigenvalue weighted by atomic mass is 32.2. The molecule has 1 aliphatic heterocycles. The van der Waals surface area contributed by atoms with Gasteiger partial charge < -0.3 is 14.6 Å². The lowest BCUT2D eigenvalue weighted by molar-refractivity contribution is 0.1000. The Bertz CT molecular complexity index is 484. The van der Waals surface area contributed by atoms with E-state index in [0.717, 1.165) is 48.7 Å². The summed E-state index contributed by atoms with van der Waals surface area (Å²) >= 11 is 1.95. The van der Waals surface area contributed by atoms with E-state index >= 15 is 0 Å². The van der Waals surface area contributed by atoms with Crippen molar-refractivity contribution in [2.75, 3.05) is 26.9 Å². The number of thioether (sulfide) groups is 1. The molecular formula is C16H20O3S. The molecule has 0 spiro atoms. The molecule has 0 unspecified atom stereocenters. The van der Waals surface area contributed by atoms with Crippen molar-refractivity contribution in [3.8, 4) is 17.6 Å². The van der Waals surface area contributed by atoms with Crippen LogP contribution in [0.1, 0.15) is 24.0 Å². The van der Waals surface area contributed by atoms with E-state index in [0.29, 0.717) is 5.25 Å². The van der Waals surface area contributed by atoms with E-state index in [1.54, 1.807) is 7.11 Å². The summed E-state index contributed by atoms with van der Waals surface area (Å²) in [6.07, 6.45) is 2.24. The molecule has 1 fully saturated rings. The number of aliphatic hydroxyl groups is 1. The van der Waals surface area contributed by atoms with E-state index in [9.17, 15) is 0 Å². The zero-order valence-corrected chi connectivity index (χ0v) is 12.5. The van der Waals surface area contributed by atoms with Gasteiger partial charge in [-0.05, 0) is 31.0 Å². The highest BCUT2D eigenvalue weighted by Crippen LogP contribution is 2.30. The third kappa shape index (κ3) is 4.45. The Morgan fingerprint density at radius 2 is 2.20 bits per heavy atom. The van der Waals surface area contributed by atoms with Gasteiger partial charge in [-0.25, -0.2) is 0 Å². The molecule has 1 saturated heterocycles. The molecule has 0 radical (unpaired) electrons. The molecular weight excluding hydrogens is 272 g/mol. The lowest BCUT2D eigenvalue weighted by atomic mass is 10.1. The number of methoxy groups -OCH3 is 1. The average Bonchev–Trinajstić information content (AvgIpc) is 2.52. The standard InChI is InChI=1S/C16H20O3S/c1-18-16-5-4-13(3-2-8-17)11-14(16)12-20-15-6-9-19-10-7-15/h4-5,11,15,17H,6-10,12H2,1H3. The molecule has 1 aliphatic rings. The summed E-state index contributed by atoms with van der Waals surface area (Å²) in [5, 5.41) is 9.42. The molecule has 1 heterocycles. The van der Waals surface area contributed by atoms with Gasteiger partial charge in [0.05, 0.1) is 7.11 Å². The highest BCUT2D eigenvalue weighted by Gasteiger charge is 2.15. The van der Waals surface area contributed by atoms with Crippen LogP contribution in [0.3, 0.4) is 0 Å². The minimum atomic E-state index is -0.113. The maximum Gasteiger partial charge on any atom is 0.122 e. The first-order valence-corrected chi connectivity index (χ1v) is 7.84. The van der Waals surface area contributed by atoms with Gasteiger partial charge in [-0.15, -0.1) is 0 Å². The molecule has 1 aromatic carbocycles. The summed E-state index contributed by atoms with van der Waals surface area (Å²) < 4.78 is 10.8. The van der Waals surface area contributed by atoms with Crippen molar-refractivity contribution < 1.29 is 14.6 Å². The fraction of sp³-hybridized carbons (Fsp3) is 0.500. The van der Waals surface area contributed by atoms with Crippen molar-refractivity contribution in [1.82, 2.24) is 0 Å². The van der Waals surface area contributed by atoms with Gasteiger partial charge in [-0.1, -0.05) is 11.8 Å². The van der Waals surface area contributed by atoms with Crippen molar-refractivity contribution in [1.29, 1.82) is 0 Å². The topological polar surface area (TPSA) is 38.7 Å². The zero-order chi connectivity index (χ0) is 14.2. The second-order valence-corrected chi connectivity index (χ2v) is 5.90. The maximum absolute atomic E-state index is 8.76. The molecule has 0 aliphatic carbocycles. The van der Waals surface area contributed by atoms with Crippen LogP contribution >= 0.6 is 11.8 Å². The van der Waals surface area contributed by atoms with Crippen LogP contribution in [0.2, 0.25) is 0 Å². The van der Waals surface area contributed by atoms with Crippen LogP contribution < -0.4 is 4.74 Å². The summed E-state index contributed by atoms with van der Waals surface area (Å²) in [5.41, 5.74) is 2.08. The van der Waals surface area contributed by atoms with Crippen LogP contribution in [0.5, 0.6) is 5.75 Å². The largest absolute Gasteiger partial charge is 0.496 e. The zero-order valence-electron chi connectivity index (χ0n) is 11.7. The fourth-order valence-electron chi connectivity index (χ4n) is 2.16. The molecule has 4 heteroatoms. The van der Waals surface area contributed by atoms with E-state index in [4.69, 9.17) is 14.6 Å². The first-order chi connectivity index (χ1) is 9.83. The first-order valence-electron chi connectivity index (χ1n) is 6.79. The van der Waals surface area contributed by atoms with Crippen LogP contribution in [0.15, 0.2) is 18.2 Å². The van der Waals surface area contributed by atoms with Crippen molar-refractivity contribution in [2.24, 2.45) is 0 Å². The predicted molar refractivity (Wildman–Crippen MR) is 82.1 cm³/mol. The van der Waals surface area contributed by atoms with Crippen molar-refractivity contribution in [3.05, 3.63) is 29.3 Å². The van der Waals surface area contributed by atoms with Crippen molar-refractivity contribution in [3.63, 3.8) is 0 Å². The fourth-order valence-corrected chi connectivity index (χ4v) is 3.33. The second kappa shape index (κ2) is 8.21. The molecule has 108 valence electrons. The van der Waals surface area contributed by atoms with Crippen LogP contribution in [0, 0.1) is 11.8 Å². The molecule has 1 N–H and O–H groups in total. The number of rotatable bonds is 4.